The first kappa shape index (κ1) is 46.7. The number of ether oxygens (including phenoxy) is 2. The van der Waals surface area contributed by atoms with Gasteiger partial charge in [-0.25, -0.2) is 19.9 Å². The molecule has 2 aliphatic rings. The normalized spacial score (nSPS) is 19.3. The van der Waals surface area contributed by atoms with Crippen molar-refractivity contribution in [2.75, 3.05) is 19.7 Å². The Kier molecular flexibility index (Phi) is 19.8. The smallest absolute Gasteiger partial charge is 0.328 e. The van der Waals surface area contributed by atoms with Crippen LogP contribution in [-0.2, 0) is 33.4 Å². The van der Waals surface area contributed by atoms with E-state index in [4.69, 9.17) is 9.47 Å². The van der Waals surface area contributed by atoms with Gasteiger partial charge < -0.3 is 30.3 Å². The van der Waals surface area contributed by atoms with Crippen LogP contribution in [0.2, 0.25) is 0 Å². The summed E-state index contributed by atoms with van der Waals surface area (Å²) in [6.07, 6.45) is 15.2. The van der Waals surface area contributed by atoms with Crippen LogP contribution in [-0.4, -0.2) is 110 Å². The van der Waals surface area contributed by atoms with Crippen molar-refractivity contribution in [1.82, 2.24) is 20.8 Å². The lowest BCUT2D eigenvalue weighted by molar-refractivity contribution is -0.167. The Morgan fingerprint density at radius 1 is 1.05 bits per heavy atom. The second-order valence-electron chi connectivity index (χ2n) is 15.1. The molecule has 16 heteroatoms. The standard InChI is InChI=1S/C41H63N5O11/c1-4-5-6-7-8-9-10-11-12-13-14-24-35(49)45(54)25-17-16-22-32(39(52)57-29(2)27-34(48)42-31-21-15-18-26-46(55)38(31)51)43-40(53)41(3)28-56-37(44-41)30-20-19-23-33(47)36(30)50/h11-12,19-20,23,29,31-32,47,50,54-55H,4-10,13-18,21-22,24-28H2,1-3H3,(H,42,48)(H,43,53)/b12-11-/t29-,31-,32-,41-/m0/s1. The van der Waals surface area contributed by atoms with Crippen LogP contribution in [0.1, 0.15) is 135 Å². The molecule has 0 radical (unpaired) electrons. The minimum atomic E-state index is -1.53. The number of para-hydroxylation sites is 1. The van der Waals surface area contributed by atoms with Crippen LogP contribution in [0.15, 0.2) is 35.3 Å². The van der Waals surface area contributed by atoms with Gasteiger partial charge in [-0.15, -0.1) is 0 Å². The van der Waals surface area contributed by atoms with E-state index in [0.29, 0.717) is 48.7 Å². The zero-order valence-corrected chi connectivity index (χ0v) is 33.7. The molecule has 57 heavy (non-hydrogen) atoms. The molecular formula is C41H63N5O11. The highest BCUT2D eigenvalue weighted by Crippen LogP contribution is 2.32. The van der Waals surface area contributed by atoms with Gasteiger partial charge in [-0.3, -0.25) is 29.6 Å². The molecule has 318 valence electrons. The molecule has 1 fully saturated rings. The summed E-state index contributed by atoms with van der Waals surface area (Å²) in [6.45, 7) is 5.13. The molecule has 4 amide bonds. The van der Waals surface area contributed by atoms with E-state index in [0.717, 1.165) is 19.3 Å². The van der Waals surface area contributed by atoms with Crippen LogP contribution in [0.4, 0.5) is 0 Å². The number of aliphatic imine (C=N–C) groups is 1. The molecule has 2 heterocycles. The fraction of sp³-hybridized carbons (Fsp3) is 0.659. The van der Waals surface area contributed by atoms with E-state index in [2.05, 4.69) is 34.7 Å². The highest BCUT2D eigenvalue weighted by Gasteiger charge is 2.42. The van der Waals surface area contributed by atoms with Crippen molar-refractivity contribution < 1.29 is 54.1 Å². The van der Waals surface area contributed by atoms with Gasteiger partial charge in [0.05, 0.1) is 12.0 Å². The molecule has 0 bridgehead atoms. The maximum Gasteiger partial charge on any atom is 0.328 e. The van der Waals surface area contributed by atoms with Crippen LogP contribution < -0.4 is 10.6 Å². The van der Waals surface area contributed by atoms with Gasteiger partial charge in [0.2, 0.25) is 17.7 Å². The molecule has 1 aromatic rings. The molecule has 1 saturated heterocycles. The predicted octanol–water partition coefficient (Wildman–Crippen LogP) is 5.19. The molecule has 4 atom stereocenters. The van der Waals surface area contributed by atoms with Gasteiger partial charge in [-0.2, -0.15) is 0 Å². The Labute approximate surface area is 335 Å². The minimum absolute atomic E-state index is 0.0107. The zero-order chi connectivity index (χ0) is 41.8. The summed E-state index contributed by atoms with van der Waals surface area (Å²) in [6, 6.07) is 2.10. The molecule has 0 aliphatic carbocycles. The number of carbonyl (C=O) groups is 5. The van der Waals surface area contributed by atoms with Crippen molar-refractivity contribution in [1.29, 1.82) is 0 Å². The summed E-state index contributed by atoms with van der Waals surface area (Å²) >= 11 is 0. The number of allylic oxidation sites excluding steroid dienone is 2. The summed E-state index contributed by atoms with van der Waals surface area (Å²) in [5.41, 5.74) is -1.45. The second kappa shape index (κ2) is 24.2. The lowest BCUT2D eigenvalue weighted by Gasteiger charge is -2.25. The summed E-state index contributed by atoms with van der Waals surface area (Å²) in [4.78, 5) is 69.2. The summed E-state index contributed by atoms with van der Waals surface area (Å²) in [5, 5.41) is 47.0. The minimum Gasteiger partial charge on any atom is -0.504 e. The van der Waals surface area contributed by atoms with Crippen molar-refractivity contribution in [3.05, 3.63) is 35.9 Å². The van der Waals surface area contributed by atoms with Crippen molar-refractivity contribution in [3.63, 3.8) is 0 Å². The van der Waals surface area contributed by atoms with E-state index in [-0.39, 0.29) is 50.4 Å². The van der Waals surface area contributed by atoms with E-state index in [1.807, 2.05) is 0 Å². The first-order valence-corrected chi connectivity index (χ1v) is 20.4. The molecule has 3 rings (SSSR count). The van der Waals surface area contributed by atoms with Crippen molar-refractivity contribution in [3.8, 4) is 11.5 Å². The Hall–Kier alpha value is -4.70. The third-order valence-corrected chi connectivity index (χ3v) is 10.0. The molecule has 16 nitrogen and oxygen atoms in total. The van der Waals surface area contributed by atoms with Crippen molar-refractivity contribution in [2.45, 2.75) is 154 Å². The number of hydrogen-bond donors (Lipinski definition) is 6. The van der Waals surface area contributed by atoms with Gasteiger partial charge in [0.1, 0.15) is 24.8 Å². The van der Waals surface area contributed by atoms with Crippen LogP contribution in [0.3, 0.4) is 0 Å². The number of rotatable bonds is 24. The lowest BCUT2D eigenvalue weighted by atomic mass is 10.0. The second-order valence-corrected chi connectivity index (χ2v) is 15.1. The number of hydrogen-bond acceptors (Lipinski definition) is 12. The molecule has 1 aromatic carbocycles. The fourth-order valence-electron chi connectivity index (χ4n) is 6.53. The third-order valence-electron chi connectivity index (χ3n) is 10.0. The highest BCUT2D eigenvalue weighted by molar-refractivity contribution is 6.02. The number of unbranched alkanes of at least 4 members (excludes halogenated alkanes) is 8. The Balaban J connectivity index is 1.55. The number of hydroxylamine groups is 4. The number of phenolic OH excluding ortho intramolecular Hbond substituents is 2. The van der Waals surface area contributed by atoms with Gasteiger partial charge in [0.15, 0.2) is 17.0 Å². The fourth-order valence-corrected chi connectivity index (χ4v) is 6.53. The first-order valence-electron chi connectivity index (χ1n) is 20.4. The predicted molar refractivity (Wildman–Crippen MR) is 210 cm³/mol. The molecule has 0 unspecified atom stereocenters. The molecule has 2 aliphatic heterocycles. The maximum atomic E-state index is 13.6. The summed E-state index contributed by atoms with van der Waals surface area (Å²) in [7, 11) is 0. The summed E-state index contributed by atoms with van der Waals surface area (Å²) in [5.74, 6) is -4.05. The topological polar surface area (TPSA) is 228 Å². The van der Waals surface area contributed by atoms with Crippen molar-refractivity contribution in [2.24, 2.45) is 4.99 Å². The number of nitrogens with zero attached hydrogens (tertiary/aromatic N) is 3. The van der Waals surface area contributed by atoms with Crippen LogP contribution >= 0.6 is 0 Å². The largest absolute Gasteiger partial charge is 0.504 e. The summed E-state index contributed by atoms with van der Waals surface area (Å²) < 4.78 is 11.2. The average Bonchev–Trinajstić information content (AvgIpc) is 3.51. The van der Waals surface area contributed by atoms with E-state index < -0.39 is 64.8 Å². The van der Waals surface area contributed by atoms with Crippen LogP contribution in [0.5, 0.6) is 11.5 Å². The maximum absolute atomic E-state index is 13.6. The average molecular weight is 802 g/mol. The number of aromatic hydroxyl groups is 2. The van der Waals surface area contributed by atoms with E-state index >= 15 is 0 Å². The Bertz CT molecular complexity index is 1550. The zero-order valence-electron chi connectivity index (χ0n) is 33.7. The van der Waals surface area contributed by atoms with E-state index in [9.17, 15) is 44.6 Å². The number of amides is 4. The third kappa shape index (κ3) is 15.6. The number of nitrogens with one attached hydrogen (secondary N) is 2. The monoisotopic (exact) mass is 801 g/mol. The molecule has 0 aromatic heterocycles. The van der Waals surface area contributed by atoms with Gasteiger partial charge in [-0.05, 0) is 90.2 Å². The molecular weight excluding hydrogens is 738 g/mol. The van der Waals surface area contributed by atoms with Gasteiger partial charge in [0.25, 0.3) is 11.8 Å². The number of phenols is 2. The molecule has 0 spiro atoms. The molecule has 0 saturated carbocycles. The highest BCUT2D eigenvalue weighted by atomic mass is 16.5. The van der Waals surface area contributed by atoms with E-state index in [1.165, 1.54) is 64.2 Å². The molecule has 6 N–H and O–H groups in total. The Morgan fingerprint density at radius 2 is 1.77 bits per heavy atom. The van der Waals surface area contributed by atoms with Gasteiger partial charge >= 0.3 is 5.97 Å². The van der Waals surface area contributed by atoms with Gasteiger partial charge in [0, 0.05) is 19.5 Å². The number of carbonyl (C=O) groups excluding carboxylic acids is 5. The van der Waals surface area contributed by atoms with Gasteiger partial charge in [-0.1, -0.05) is 57.2 Å². The Morgan fingerprint density at radius 3 is 2.53 bits per heavy atom. The quantitative estimate of drug-likeness (QED) is 0.0199. The van der Waals surface area contributed by atoms with Crippen LogP contribution in [0.25, 0.3) is 0 Å². The SMILES string of the molecule is CCCCCCCC/C=C\CCCC(=O)N(O)CCCC[C@H](NC(=O)[C@]1(C)COC(c2cccc(O)c2O)=N1)C(=O)O[C@@H](C)CC(=O)N[C@H]1CCCCN(O)C1=O. The lowest BCUT2D eigenvalue weighted by Crippen LogP contribution is -2.52. The van der Waals surface area contributed by atoms with E-state index in [1.54, 1.807) is 0 Å². The number of esters is 1. The number of benzene rings is 1. The van der Waals surface area contributed by atoms with Crippen LogP contribution in [0, 0.1) is 0 Å². The van der Waals surface area contributed by atoms with Crippen molar-refractivity contribution >= 4 is 35.5 Å². The first-order chi connectivity index (χ1) is 27.2.